The van der Waals surface area contributed by atoms with Crippen LogP contribution in [0.15, 0.2) is 24.4 Å². The van der Waals surface area contributed by atoms with E-state index in [4.69, 9.17) is 9.84 Å². The Bertz CT molecular complexity index is 796. The van der Waals surface area contributed by atoms with Gasteiger partial charge in [0.15, 0.2) is 11.6 Å². The Morgan fingerprint density at radius 3 is 2.66 bits per heavy atom. The number of hydrogen-bond acceptors (Lipinski definition) is 4. The highest BCUT2D eigenvalue weighted by atomic mass is 19.1. The van der Waals surface area contributed by atoms with Crippen LogP contribution < -0.4 is 10.1 Å². The number of aromatic amines is 1. The molecule has 0 bridgehead atoms. The molecule has 29 heavy (non-hydrogen) atoms. The molecule has 0 spiro atoms. The summed E-state index contributed by atoms with van der Waals surface area (Å²) < 4.78 is 19.9. The molecular formula is C21H30FN3O4. The predicted molar refractivity (Wildman–Crippen MR) is 108 cm³/mol. The van der Waals surface area contributed by atoms with Crippen molar-refractivity contribution in [1.29, 1.82) is 0 Å². The Morgan fingerprint density at radius 2 is 2.00 bits per heavy atom. The van der Waals surface area contributed by atoms with E-state index in [-0.39, 0.29) is 11.6 Å². The van der Waals surface area contributed by atoms with Crippen molar-refractivity contribution in [1.82, 2.24) is 15.3 Å². The Morgan fingerprint density at radius 1 is 1.28 bits per heavy atom. The number of hydrogen-bond donors (Lipinski definition) is 4. The maximum atomic E-state index is 14.4. The Balaban J connectivity index is 1.98. The van der Waals surface area contributed by atoms with Gasteiger partial charge >= 0.3 is 6.09 Å². The second-order valence-electron chi connectivity index (χ2n) is 7.32. The lowest BCUT2D eigenvalue weighted by Crippen LogP contribution is -2.46. The zero-order valence-corrected chi connectivity index (χ0v) is 17.0. The van der Waals surface area contributed by atoms with E-state index in [1.807, 2.05) is 0 Å². The molecule has 0 aliphatic carbocycles. The predicted octanol–water partition coefficient (Wildman–Crippen LogP) is 4.43. The van der Waals surface area contributed by atoms with Gasteiger partial charge in [-0.2, -0.15) is 0 Å². The topological polar surface area (TPSA) is 107 Å². The minimum Gasteiger partial charge on any atom is -0.491 e. The maximum Gasteiger partial charge on any atom is 0.405 e. The van der Waals surface area contributed by atoms with Crippen LogP contribution in [-0.2, 0) is 5.54 Å². The number of aliphatic hydroxyl groups excluding tert-OH is 1. The number of H-pyrrole nitrogens is 1. The summed E-state index contributed by atoms with van der Waals surface area (Å²) in [5.74, 6) is -0.0429. The van der Waals surface area contributed by atoms with Crippen molar-refractivity contribution in [3.05, 3.63) is 36.0 Å². The zero-order valence-electron chi connectivity index (χ0n) is 17.0. The van der Waals surface area contributed by atoms with E-state index in [0.29, 0.717) is 17.9 Å². The lowest BCUT2D eigenvalue weighted by atomic mass is 10.0. The number of aromatic nitrogens is 2. The van der Waals surface area contributed by atoms with Crippen LogP contribution in [0.25, 0.3) is 11.3 Å². The molecule has 1 aromatic carbocycles. The van der Waals surface area contributed by atoms with E-state index in [0.717, 1.165) is 12.8 Å². The Labute approximate surface area is 170 Å². The smallest absolute Gasteiger partial charge is 0.405 e. The molecular weight excluding hydrogens is 377 g/mol. The van der Waals surface area contributed by atoms with E-state index in [1.54, 1.807) is 18.3 Å². The molecule has 0 fully saturated rings. The first kappa shape index (κ1) is 22.7. The molecule has 2 aromatic rings. The number of aliphatic hydroxyl groups is 1. The number of nitrogens with zero attached hydrogens (tertiary/aromatic N) is 1. The number of halogens is 1. The Kier molecular flexibility index (Phi) is 8.45. The van der Waals surface area contributed by atoms with E-state index in [2.05, 4.69) is 22.2 Å². The lowest BCUT2D eigenvalue weighted by molar-refractivity contribution is 0.142. The number of imidazole rings is 1. The van der Waals surface area contributed by atoms with E-state index in [9.17, 15) is 14.3 Å². The molecule has 0 aliphatic heterocycles. The molecule has 7 nitrogen and oxygen atoms in total. The average molecular weight is 407 g/mol. The number of carboxylic acid groups (broad SMARTS) is 1. The van der Waals surface area contributed by atoms with Crippen molar-refractivity contribution in [3.8, 4) is 17.0 Å². The lowest BCUT2D eigenvalue weighted by Gasteiger charge is -2.24. The van der Waals surface area contributed by atoms with Gasteiger partial charge in [-0.05, 0) is 31.5 Å². The summed E-state index contributed by atoms with van der Waals surface area (Å²) in [7, 11) is 0. The molecule has 1 heterocycles. The molecule has 0 unspecified atom stereocenters. The molecule has 0 saturated carbocycles. The zero-order chi connectivity index (χ0) is 21.3. The van der Waals surface area contributed by atoms with E-state index >= 15 is 0 Å². The second kappa shape index (κ2) is 10.8. The van der Waals surface area contributed by atoms with Gasteiger partial charge < -0.3 is 25.3 Å². The van der Waals surface area contributed by atoms with Crippen molar-refractivity contribution in [2.24, 2.45) is 0 Å². The number of benzene rings is 1. The minimum atomic E-state index is -1.29. The van der Waals surface area contributed by atoms with Gasteiger partial charge in [-0.25, -0.2) is 14.2 Å². The van der Waals surface area contributed by atoms with Crippen molar-refractivity contribution >= 4 is 6.09 Å². The summed E-state index contributed by atoms with van der Waals surface area (Å²) in [6, 6.07) is 4.59. The monoisotopic (exact) mass is 407 g/mol. The van der Waals surface area contributed by atoms with E-state index < -0.39 is 24.1 Å². The molecule has 0 aliphatic rings. The first-order valence-electron chi connectivity index (χ1n) is 10.00. The summed E-state index contributed by atoms with van der Waals surface area (Å²) in [6.07, 6.45) is 7.08. The normalized spacial score (nSPS) is 13.1. The highest BCUT2D eigenvalue weighted by molar-refractivity contribution is 5.66. The van der Waals surface area contributed by atoms with Gasteiger partial charge in [0.25, 0.3) is 0 Å². The molecule has 4 N–H and O–H groups in total. The molecule has 160 valence electrons. The van der Waals surface area contributed by atoms with E-state index in [1.165, 1.54) is 38.7 Å². The summed E-state index contributed by atoms with van der Waals surface area (Å²) in [5.41, 5.74) is -0.330. The quantitative estimate of drug-likeness (QED) is 0.389. The highest BCUT2D eigenvalue weighted by Crippen LogP contribution is 2.27. The van der Waals surface area contributed by atoms with Gasteiger partial charge in [0, 0.05) is 11.8 Å². The number of unbranched alkanes of at least 4 members (excludes halogenated alkanes) is 5. The van der Waals surface area contributed by atoms with Crippen LogP contribution >= 0.6 is 0 Å². The van der Waals surface area contributed by atoms with Crippen LogP contribution in [0.2, 0.25) is 0 Å². The fourth-order valence-corrected chi connectivity index (χ4v) is 3.00. The minimum absolute atomic E-state index is 0.200. The molecule has 1 atom stereocenters. The molecule has 2 rings (SSSR count). The first-order valence-corrected chi connectivity index (χ1v) is 10.00. The van der Waals surface area contributed by atoms with Gasteiger partial charge in [0.2, 0.25) is 0 Å². The van der Waals surface area contributed by atoms with Crippen LogP contribution in [0.1, 0.15) is 58.2 Å². The standard InChI is InChI=1S/C21H30FN3O4/c1-3-4-5-6-7-8-11-29-18-10-9-15(12-16(18)22)17-13-23-19(24-17)21(2,14-26)25-20(27)28/h9-10,12-13,25-26H,3-8,11,14H2,1-2H3,(H,23,24)(H,27,28)/t21-/m0/s1. The van der Waals surface area contributed by atoms with Crippen molar-refractivity contribution in [2.45, 2.75) is 57.9 Å². The number of amides is 1. The second-order valence-corrected chi connectivity index (χ2v) is 7.32. The summed E-state index contributed by atoms with van der Waals surface area (Å²) in [6.45, 7) is 3.68. The van der Waals surface area contributed by atoms with Gasteiger partial charge in [-0.15, -0.1) is 0 Å². The van der Waals surface area contributed by atoms with Gasteiger partial charge in [0.1, 0.15) is 11.4 Å². The van der Waals surface area contributed by atoms with Crippen molar-refractivity contribution < 1.29 is 24.1 Å². The molecule has 0 radical (unpaired) electrons. The number of nitrogens with one attached hydrogen (secondary N) is 2. The average Bonchev–Trinajstić information content (AvgIpc) is 3.18. The first-order chi connectivity index (χ1) is 13.9. The largest absolute Gasteiger partial charge is 0.491 e. The number of rotatable bonds is 12. The molecule has 0 saturated heterocycles. The SMILES string of the molecule is CCCCCCCCOc1ccc(-c2c[nH]c([C@](C)(CO)NC(=O)O)n2)cc1F. The molecule has 8 heteroatoms. The van der Waals surface area contributed by atoms with Crippen LogP contribution in [0.4, 0.5) is 9.18 Å². The third kappa shape index (κ3) is 6.45. The number of carbonyl (C=O) groups is 1. The van der Waals surface area contributed by atoms with Gasteiger partial charge in [0.05, 0.1) is 18.9 Å². The molecule has 1 amide bonds. The Hall–Kier alpha value is -2.61. The van der Waals surface area contributed by atoms with Crippen molar-refractivity contribution in [3.63, 3.8) is 0 Å². The third-order valence-electron chi connectivity index (χ3n) is 4.78. The summed E-state index contributed by atoms with van der Waals surface area (Å²) in [4.78, 5) is 18.1. The van der Waals surface area contributed by atoms with Gasteiger partial charge in [-0.3, -0.25) is 0 Å². The third-order valence-corrected chi connectivity index (χ3v) is 4.78. The van der Waals surface area contributed by atoms with Crippen LogP contribution in [0, 0.1) is 5.82 Å². The summed E-state index contributed by atoms with van der Waals surface area (Å²) >= 11 is 0. The van der Waals surface area contributed by atoms with Crippen LogP contribution in [0.5, 0.6) is 5.75 Å². The summed E-state index contributed by atoms with van der Waals surface area (Å²) in [5, 5.41) is 20.7. The number of ether oxygens (including phenoxy) is 1. The maximum absolute atomic E-state index is 14.4. The highest BCUT2D eigenvalue weighted by Gasteiger charge is 2.31. The van der Waals surface area contributed by atoms with Crippen molar-refractivity contribution in [2.75, 3.05) is 13.2 Å². The van der Waals surface area contributed by atoms with Crippen LogP contribution in [-0.4, -0.2) is 39.5 Å². The van der Waals surface area contributed by atoms with Crippen LogP contribution in [0.3, 0.4) is 0 Å². The van der Waals surface area contributed by atoms with Gasteiger partial charge in [-0.1, -0.05) is 39.0 Å². The molecule has 1 aromatic heterocycles. The fraction of sp³-hybridized carbons (Fsp3) is 0.524. The fourth-order valence-electron chi connectivity index (χ4n) is 3.00.